The summed E-state index contributed by atoms with van der Waals surface area (Å²) in [5, 5.41) is 6.88. The van der Waals surface area contributed by atoms with Crippen molar-refractivity contribution in [2.24, 2.45) is 7.05 Å². The molecule has 0 aliphatic carbocycles. The van der Waals surface area contributed by atoms with Crippen molar-refractivity contribution < 1.29 is 9.53 Å². The Kier molecular flexibility index (Phi) is 4.72. The number of aromatic nitrogens is 2. The number of benzene rings is 2. The molecule has 0 spiro atoms. The average molecular weight is 319 g/mol. The number of hydrogen-bond acceptors (Lipinski definition) is 3. The van der Waals surface area contributed by atoms with Crippen LogP contribution < -0.4 is 10.1 Å². The predicted molar refractivity (Wildman–Crippen MR) is 93.8 cm³/mol. The summed E-state index contributed by atoms with van der Waals surface area (Å²) in [5.41, 5.74) is 1.48. The van der Waals surface area contributed by atoms with E-state index < -0.39 is 0 Å². The van der Waals surface area contributed by atoms with E-state index in [9.17, 15) is 4.79 Å². The molecule has 3 rings (SSSR count). The Bertz CT molecular complexity index is 854. The Morgan fingerprint density at radius 2 is 1.88 bits per heavy atom. The number of ether oxygens (including phenoxy) is 1. The van der Waals surface area contributed by atoms with Crippen molar-refractivity contribution in [2.75, 3.05) is 5.32 Å². The SMILES string of the molecule is Cn1cc(/C=C/C(=O)Nc2ccccc2Oc2ccccc2)cn1. The number of aryl methyl sites for hydroxylation is 1. The van der Waals surface area contributed by atoms with Crippen molar-refractivity contribution in [3.8, 4) is 11.5 Å². The van der Waals surface area contributed by atoms with Crippen LogP contribution in [0.4, 0.5) is 5.69 Å². The molecule has 0 aliphatic heterocycles. The molecule has 0 saturated carbocycles. The number of carbonyl (C=O) groups is 1. The lowest BCUT2D eigenvalue weighted by Gasteiger charge is -2.11. The largest absolute Gasteiger partial charge is 0.455 e. The van der Waals surface area contributed by atoms with Crippen LogP contribution >= 0.6 is 0 Å². The molecule has 1 aromatic heterocycles. The molecular weight excluding hydrogens is 302 g/mol. The normalized spacial score (nSPS) is 10.7. The van der Waals surface area contributed by atoms with E-state index >= 15 is 0 Å². The molecule has 0 saturated heterocycles. The molecule has 0 aliphatic rings. The van der Waals surface area contributed by atoms with Crippen LogP contribution in [0.25, 0.3) is 6.08 Å². The lowest BCUT2D eigenvalue weighted by atomic mass is 10.2. The van der Waals surface area contributed by atoms with Crippen molar-refractivity contribution in [1.29, 1.82) is 0 Å². The zero-order valence-corrected chi connectivity index (χ0v) is 13.2. The van der Waals surface area contributed by atoms with Gasteiger partial charge in [0.25, 0.3) is 0 Å². The number of carbonyl (C=O) groups excluding carboxylic acids is 1. The fraction of sp³-hybridized carbons (Fsp3) is 0.0526. The maximum Gasteiger partial charge on any atom is 0.248 e. The molecule has 3 aromatic rings. The molecule has 0 unspecified atom stereocenters. The highest BCUT2D eigenvalue weighted by Crippen LogP contribution is 2.29. The first-order valence-electron chi connectivity index (χ1n) is 7.50. The Morgan fingerprint density at radius 1 is 1.12 bits per heavy atom. The van der Waals surface area contributed by atoms with E-state index in [1.807, 2.05) is 61.8 Å². The van der Waals surface area contributed by atoms with Gasteiger partial charge >= 0.3 is 0 Å². The second-order valence-electron chi connectivity index (χ2n) is 5.18. The molecule has 1 amide bonds. The Morgan fingerprint density at radius 3 is 2.62 bits per heavy atom. The van der Waals surface area contributed by atoms with Gasteiger partial charge in [-0.05, 0) is 30.3 Å². The van der Waals surface area contributed by atoms with Crippen LogP contribution in [-0.4, -0.2) is 15.7 Å². The first-order chi connectivity index (χ1) is 11.7. The van der Waals surface area contributed by atoms with E-state index in [4.69, 9.17) is 4.74 Å². The number of nitrogens with one attached hydrogen (secondary N) is 1. The Balaban J connectivity index is 1.70. The lowest BCUT2D eigenvalue weighted by molar-refractivity contribution is -0.111. The fourth-order valence-corrected chi connectivity index (χ4v) is 2.15. The Hall–Kier alpha value is -3.34. The highest BCUT2D eigenvalue weighted by Gasteiger charge is 2.06. The van der Waals surface area contributed by atoms with Crippen LogP contribution in [0.5, 0.6) is 11.5 Å². The van der Waals surface area contributed by atoms with Crippen LogP contribution in [0.3, 0.4) is 0 Å². The van der Waals surface area contributed by atoms with Crippen molar-refractivity contribution in [1.82, 2.24) is 9.78 Å². The maximum atomic E-state index is 12.1. The fourth-order valence-electron chi connectivity index (χ4n) is 2.15. The average Bonchev–Trinajstić information content (AvgIpc) is 3.01. The summed E-state index contributed by atoms with van der Waals surface area (Å²) in [7, 11) is 1.83. The van der Waals surface area contributed by atoms with E-state index in [1.165, 1.54) is 6.08 Å². The zero-order valence-electron chi connectivity index (χ0n) is 13.2. The molecule has 120 valence electrons. The van der Waals surface area contributed by atoms with Crippen LogP contribution in [0.15, 0.2) is 73.1 Å². The van der Waals surface area contributed by atoms with Crippen LogP contribution in [0.2, 0.25) is 0 Å². The highest BCUT2D eigenvalue weighted by molar-refractivity contribution is 6.02. The van der Waals surface area contributed by atoms with Crippen molar-refractivity contribution in [3.05, 3.63) is 78.6 Å². The molecule has 1 heterocycles. The summed E-state index contributed by atoms with van der Waals surface area (Å²) in [4.78, 5) is 12.1. The number of hydrogen-bond donors (Lipinski definition) is 1. The van der Waals surface area contributed by atoms with Crippen LogP contribution in [-0.2, 0) is 11.8 Å². The van der Waals surface area contributed by atoms with E-state index in [0.29, 0.717) is 17.2 Å². The van der Waals surface area contributed by atoms with Gasteiger partial charge in [0.15, 0.2) is 5.75 Å². The standard InChI is InChI=1S/C19H17N3O2/c1-22-14-15(13-20-22)11-12-19(23)21-17-9-5-6-10-18(17)24-16-7-3-2-4-8-16/h2-14H,1H3,(H,21,23)/b12-11+. The summed E-state index contributed by atoms with van der Waals surface area (Å²) < 4.78 is 7.51. The molecule has 0 fully saturated rings. The van der Waals surface area contributed by atoms with Gasteiger partial charge in [-0.15, -0.1) is 0 Å². The second-order valence-corrected chi connectivity index (χ2v) is 5.18. The maximum absolute atomic E-state index is 12.1. The summed E-state index contributed by atoms with van der Waals surface area (Å²) in [6.07, 6.45) is 6.70. The van der Waals surface area contributed by atoms with Gasteiger partial charge in [0.1, 0.15) is 5.75 Å². The molecule has 24 heavy (non-hydrogen) atoms. The monoisotopic (exact) mass is 319 g/mol. The third-order valence-corrected chi connectivity index (χ3v) is 3.27. The van der Waals surface area contributed by atoms with E-state index in [0.717, 1.165) is 5.56 Å². The number of nitrogens with zero attached hydrogens (tertiary/aromatic N) is 2. The molecule has 5 heteroatoms. The third-order valence-electron chi connectivity index (χ3n) is 3.27. The van der Waals surface area contributed by atoms with Gasteiger partial charge in [-0.25, -0.2) is 0 Å². The van der Waals surface area contributed by atoms with Gasteiger partial charge < -0.3 is 10.1 Å². The summed E-state index contributed by atoms with van der Waals surface area (Å²) in [5.74, 6) is 1.07. The first kappa shape index (κ1) is 15.6. The molecule has 0 atom stereocenters. The van der Waals surface area contributed by atoms with Crippen LogP contribution in [0, 0.1) is 0 Å². The van der Waals surface area contributed by atoms with Crippen molar-refractivity contribution in [2.45, 2.75) is 0 Å². The van der Waals surface area contributed by atoms with Gasteiger partial charge in [0, 0.05) is 24.9 Å². The lowest BCUT2D eigenvalue weighted by Crippen LogP contribution is -2.08. The van der Waals surface area contributed by atoms with Gasteiger partial charge in [0.05, 0.1) is 11.9 Å². The van der Waals surface area contributed by atoms with Crippen molar-refractivity contribution >= 4 is 17.7 Å². The van der Waals surface area contributed by atoms with E-state index in [1.54, 1.807) is 23.0 Å². The minimum Gasteiger partial charge on any atom is -0.455 e. The first-order valence-corrected chi connectivity index (χ1v) is 7.50. The molecule has 2 aromatic carbocycles. The zero-order chi connectivity index (χ0) is 16.8. The number of para-hydroxylation sites is 3. The van der Waals surface area contributed by atoms with Gasteiger partial charge in [-0.3, -0.25) is 9.48 Å². The predicted octanol–water partition coefficient (Wildman–Crippen LogP) is 3.86. The minimum absolute atomic E-state index is 0.233. The minimum atomic E-state index is -0.233. The number of anilines is 1. The highest BCUT2D eigenvalue weighted by atomic mass is 16.5. The van der Waals surface area contributed by atoms with Gasteiger partial charge in [0.2, 0.25) is 5.91 Å². The molecule has 1 N–H and O–H groups in total. The summed E-state index contributed by atoms with van der Waals surface area (Å²) in [6.45, 7) is 0. The van der Waals surface area contributed by atoms with Crippen molar-refractivity contribution in [3.63, 3.8) is 0 Å². The Labute approximate surface area is 140 Å². The quantitative estimate of drug-likeness (QED) is 0.726. The molecule has 5 nitrogen and oxygen atoms in total. The second kappa shape index (κ2) is 7.28. The molecule has 0 radical (unpaired) electrons. The van der Waals surface area contributed by atoms with Gasteiger partial charge in [-0.2, -0.15) is 5.10 Å². The van der Waals surface area contributed by atoms with Crippen LogP contribution in [0.1, 0.15) is 5.56 Å². The summed E-state index contributed by atoms with van der Waals surface area (Å²) in [6, 6.07) is 16.8. The molecule has 0 bridgehead atoms. The van der Waals surface area contributed by atoms with Gasteiger partial charge in [-0.1, -0.05) is 30.3 Å². The van der Waals surface area contributed by atoms with E-state index in [-0.39, 0.29) is 5.91 Å². The number of amides is 1. The third kappa shape index (κ3) is 4.10. The summed E-state index contributed by atoms with van der Waals surface area (Å²) >= 11 is 0. The number of rotatable bonds is 5. The topological polar surface area (TPSA) is 56.2 Å². The van der Waals surface area contributed by atoms with E-state index in [2.05, 4.69) is 10.4 Å². The molecular formula is C19H17N3O2. The smallest absolute Gasteiger partial charge is 0.248 e.